The van der Waals surface area contributed by atoms with Crippen LogP contribution in [0, 0.1) is 0 Å². The van der Waals surface area contributed by atoms with Crippen molar-refractivity contribution in [3.63, 3.8) is 0 Å². The lowest BCUT2D eigenvalue weighted by Crippen LogP contribution is -2.45. The Morgan fingerprint density at radius 2 is 1.97 bits per heavy atom. The van der Waals surface area contributed by atoms with Gasteiger partial charge in [-0.25, -0.2) is 14.3 Å². The van der Waals surface area contributed by atoms with Gasteiger partial charge in [-0.15, -0.1) is 0 Å². The Morgan fingerprint density at radius 1 is 1.20 bits per heavy atom. The highest BCUT2D eigenvalue weighted by atomic mass is 16.2. The number of urea groups is 1. The van der Waals surface area contributed by atoms with E-state index in [0.717, 1.165) is 36.2 Å². The first-order valence-electron chi connectivity index (χ1n) is 10.6. The summed E-state index contributed by atoms with van der Waals surface area (Å²) in [5.41, 5.74) is 1.01. The zero-order chi connectivity index (χ0) is 21.3. The van der Waals surface area contributed by atoms with Crippen LogP contribution in [-0.2, 0) is 13.6 Å². The van der Waals surface area contributed by atoms with Crippen LogP contribution >= 0.6 is 0 Å². The average molecular weight is 408 g/mol. The number of hydrogen-bond acceptors (Lipinski definition) is 3. The van der Waals surface area contributed by atoms with Gasteiger partial charge in [0.1, 0.15) is 5.82 Å². The molecule has 1 unspecified atom stereocenters. The van der Waals surface area contributed by atoms with Crippen molar-refractivity contribution >= 4 is 16.8 Å². The van der Waals surface area contributed by atoms with Crippen LogP contribution in [0.3, 0.4) is 0 Å². The molecule has 7 nitrogen and oxygen atoms in total. The summed E-state index contributed by atoms with van der Waals surface area (Å²) in [6.07, 6.45) is 1.82. The molecule has 0 saturated carbocycles. The predicted molar refractivity (Wildman–Crippen MR) is 118 cm³/mol. The summed E-state index contributed by atoms with van der Waals surface area (Å²) in [6, 6.07) is 14.3. The zero-order valence-electron chi connectivity index (χ0n) is 17.8. The molecule has 2 amide bonds. The van der Waals surface area contributed by atoms with E-state index in [1.54, 1.807) is 11.6 Å². The molecular formula is C23H29N5O2. The molecule has 1 fully saturated rings. The van der Waals surface area contributed by atoms with Crippen molar-refractivity contribution in [1.29, 1.82) is 0 Å². The maximum absolute atomic E-state index is 12.9. The van der Waals surface area contributed by atoms with Gasteiger partial charge in [-0.1, -0.05) is 42.5 Å². The molecule has 0 aliphatic carbocycles. The van der Waals surface area contributed by atoms with Crippen molar-refractivity contribution in [2.45, 2.75) is 45.2 Å². The number of piperidine rings is 1. The largest absolute Gasteiger partial charge is 0.345 e. The highest BCUT2D eigenvalue weighted by molar-refractivity contribution is 5.86. The Balaban J connectivity index is 1.47. The molecule has 30 heavy (non-hydrogen) atoms. The van der Waals surface area contributed by atoms with E-state index in [-0.39, 0.29) is 23.7 Å². The molecule has 1 aromatic heterocycles. The van der Waals surface area contributed by atoms with E-state index in [0.29, 0.717) is 13.1 Å². The smallest absolute Gasteiger partial charge is 0.334 e. The SMILES string of the molecule is CC(C)n1c(C2CCCN(C(=O)NCc3cccc4ccccc34)C2)nn(C)c1=O. The first-order valence-corrected chi connectivity index (χ1v) is 10.6. The molecule has 2 aromatic carbocycles. The Morgan fingerprint density at radius 3 is 2.77 bits per heavy atom. The minimum atomic E-state index is -0.0995. The van der Waals surface area contributed by atoms with Gasteiger partial charge in [0, 0.05) is 38.6 Å². The number of aryl methyl sites for hydroxylation is 1. The molecule has 158 valence electrons. The van der Waals surface area contributed by atoms with Crippen LogP contribution in [0.4, 0.5) is 4.79 Å². The number of nitrogens with one attached hydrogen (secondary N) is 1. The van der Waals surface area contributed by atoms with E-state index < -0.39 is 0 Å². The number of fused-ring (bicyclic) bond motifs is 1. The number of hydrogen-bond donors (Lipinski definition) is 1. The number of carbonyl (C=O) groups is 1. The van der Waals surface area contributed by atoms with E-state index in [1.807, 2.05) is 36.9 Å². The lowest BCUT2D eigenvalue weighted by Gasteiger charge is -2.32. The van der Waals surface area contributed by atoms with Gasteiger partial charge >= 0.3 is 11.7 Å². The second-order valence-corrected chi connectivity index (χ2v) is 8.31. The molecule has 3 aromatic rings. The van der Waals surface area contributed by atoms with E-state index in [1.165, 1.54) is 10.1 Å². The maximum atomic E-state index is 12.9. The number of likely N-dealkylation sites (tertiary alicyclic amines) is 1. The van der Waals surface area contributed by atoms with Crippen LogP contribution in [0.15, 0.2) is 47.3 Å². The Kier molecular flexibility index (Phi) is 5.61. The van der Waals surface area contributed by atoms with E-state index >= 15 is 0 Å². The molecule has 0 radical (unpaired) electrons. The van der Waals surface area contributed by atoms with Crippen LogP contribution in [0.5, 0.6) is 0 Å². The summed E-state index contributed by atoms with van der Waals surface area (Å²) in [7, 11) is 1.68. The second-order valence-electron chi connectivity index (χ2n) is 8.31. The van der Waals surface area contributed by atoms with E-state index in [4.69, 9.17) is 0 Å². The van der Waals surface area contributed by atoms with Gasteiger partial charge in [0.05, 0.1) is 0 Å². The number of benzene rings is 2. The quantitative estimate of drug-likeness (QED) is 0.720. The molecule has 1 N–H and O–H groups in total. The van der Waals surface area contributed by atoms with Crippen LogP contribution in [0.2, 0.25) is 0 Å². The molecule has 0 spiro atoms. The molecule has 1 atom stereocenters. The molecule has 7 heteroatoms. The van der Waals surface area contributed by atoms with E-state index in [9.17, 15) is 9.59 Å². The third kappa shape index (κ3) is 3.84. The second kappa shape index (κ2) is 8.34. The maximum Gasteiger partial charge on any atom is 0.345 e. The topological polar surface area (TPSA) is 72.2 Å². The van der Waals surface area contributed by atoms with Gasteiger partial charge in [-0.3, -0.25) is 4.57 Å². The number of amides is 2. The van der Waals surface area contributed by atoms with Gasteiger partial charge in [0.2, 0.25) is 0 Å². The fourth-order valence-electron chi connectivity index (χ4n) is 4.36. The fraction of sp³-hybridized carbons (Fsp3) is 0.435. The van der Waals surface area contributed by atoms with Gasteiger partial charge in [-0.05, 0) is 43.0 Å². The normalized spacial score (nSPS) is 16.9. The number of nitrogens with zero attached hydrogens (tertiary/aromatic N) is 4. The van der Waals surface area contributed by atoms with Crippen LogP contribution in [0.1, 0.15) is 50.0 Å². The number of aromatic nitrogens is 3. The monoisotopic (exact) mass is 407 g/mol. The third-order valence-corrected chi connectivity index (χ3v) is 5.88. The van der Waals surface area contributed by atoms with Crippen molar-refractivity contribution in [1.82, 2.24) is 24.6 Å². The summed E-state index contributed by atoms with van der Waals surface area (Å²) in [5, 5.41) is 9.89. The Bertz CT molecular complexity index is 1110. The van der Waals surface area contributed by atoms with Crippen molar-refractivity contribution < 1.29 is 4.79 Å². The molecule has 2 heterocycles. The van der Waals surface area contributed by atoms with Crippen LogP contribution < -0.4 is 11.0 Å². The van der Waals surface area contributed by atoms with Crippen LogP contribution in [-0.4, -0.2) is 38.4 Å². The number of rotatable bonds is 4. The Labute approximate surface area is 176 Å². The molecule has 0 bridgehead atoms. The fourth-order valence-corrected chi connectivity index (χ4v) is 4.36. The van der Waals surface area contributed by atoms with Crippen molar-refractivity contribution in [3.05, 3.63) is 64.3 Å². The summed E-state index contributed by atoms with van der Waals surface area (Å²) in [6.45, 7) is 5.76. The van der Waals surface area contributed by atoms with Crippen molar-refractivity contribution in [2.75, 3.05) is 13.1 Å². The summed E-state index contributed by atoms with van der Waals surface area (Å²) in [4.78, 5) is 27.2. The van der Waals surface area contributed by atoms with Gasteiger partial charge < -0.3 is 10.2 Å². The minimum Gasteiger partial charge on any atom is -0.334 e. The van der Waals surface area contributed by atoms with Gasteiger partial charge in [-0.2, -0.15) is 5.10 Å². The molecular weight excluding hydrogens is 378 g/mol. The number of carbonyl (C=O) groups excluding carboxylic acids is 1. The van der Waals surface area contributed by atoms with E-state index in [2.05, 4.69) is 34.7 Å². The van der Waals surface area contributed by atoms with Gasteiger partial charge in [0.25, 0.3) is 0 Å². The summed E-state index contributed by atoms with van der Waals surface area (Å²) >= 11 is 0. The standard InChI is InChI=1S/C23H29N5O2/c1-16(2)28-21(25-26(3)23(28)30)19-11-7-13-27(15-19)22(29)24-14-18-10-6-9-17-8-4-5-12-20(17)18/h4-6,8-10,12,16,19H,7,11,13-15H2,1-3H3,(H,24,29). The highest BCUT2D eigenvalue weighted by Gasteiger charge is 2.29. The third-order valence-electron chi connectivity index (χ3n) is 5.88. The highest BCUT2D eigenvalue weighted by Crippen LogP contribution is 2.26. The first kappa shape index (κ1) is 20.2. The molecule has 1 aliphatic heterocycles. The molecule has 4 rings (SSSR count). The predicted octanol–water partition coefficient (Wildman–Crippen LogP) is 3.41. The van der Waals surface area contributed by atoms with Crippen LogP contribution in [0.25, 0.3) is 10.8 Å². The Hall–Kier alpha value is -3.09. The van der Waals surface area contributed by atoms with Crippen molar-refractivity contribution in [2.24, 2.45) is 7.05 Å². The lowest BCUT2D eigenvalue weighted by atomic mass is 9.97. The zero-order valence-corrected chi connectivity index (χ0v) is 17.8. The van der Waals surface area contributed by atoms with Crippen molar-refractivity contribution in [3.8, 4) is 0 Å². The lowest BCUT2D eigenvalue weighted by molar-refractivity contribution is 0.177. The van der Waals surface area contributed by atoms with Gasteiger partial charge in [0.15, 0.2) is 0 Å². The first-order chi connectivity index (χ1) is 14.5. The summed E-state index contributed by atoms with van der Waals surface area (Å²) in [5.74, 6) is 0.849. The minimum absolute atomic E-state index is 0.0387. The summed E-state index contributed by atoms with van der Waals surface area (Å²) < 4.78 is 3.15. The molecule has 1 aliphatic rings. The average Bonchev–Trinajstić information content (AvgIpc) is 3.06. The molecule has 1 saturated heterocycles.